The maximum Gasteiger partial charge on any atom is 0.326 e. The van der Waals surface area contributed by atoms with E-state index in [-0.39, 0.29) is 17.7 Å². The number of amides is 1. The summed E-state index contributed by atoms with van der Waals surface area (Å²) in [4.78, 5) is 42.6. The minimum atomic E-state index is -1.36. The quantitative estimate of drug-likeness (QED) is 0.317. The highest BCUT2D eigenvalue weighted by Crippen LogP contribution is 2.15. The van der Waals surface area contributed by atoms with Gasteiger partial charge in [0.15, 0.2) is 5.78 Å². The van der Waals surface area contributed by atoms with Crippen molar-refractivity contribution in [2.75, 3.05) is 0 Å². The van der Waals surface area contributed by atoms with Crippen molar-refractivity contribution in [3.63, 3.8) is 0 Å². The second-order valence-corrected chi connectivity index (χ2v) is 3.61. The largest absolute Gasteiger partial charge is 0.480 e. The maximum atomic E-state index is 11.8. The van der Waals surface area contributed by atoms with Crippen molar-refractivity contribution in [2.24, 2.45) is 0 Å². The zero-order valence-corrected chi connectivity index (χ0v) is 9.61. The highest BCUT2D eigenvalue weighted by Gasteiger charge is 2.22. The van der Waals surface area contributed by atoms with Crippen molar-refractivity contribution in [1.82, 2.24) is 5.32 Å². The van der Waals surface area contributed by atoms with Crippen LogP contribution in [0.5, 0.6) is 0 Å². The molecule has 0 spiro atoms. The molecule has 0 radical (unpaired) electrons. The van der Waals surface area contributed by atoms with Crippen molar-refractivity contribution >= 4 is 23.9 Å². The summed E-state index contributed by atoms with van der Waals surface area (Å²) in [6, 6.07) is 3.59. The number of ketones is 1. The van der Waals surface area contributed by atoms with Gasteiger partial charge in [0, 0.05) is 24.1 Å². The molecule has 1 unspecified atom stereocenters. The highest BCUT2D eigenvalue weighted by molar-refractivity contribution is 5.99. The molecule has 1 amide bonds. The molecular formula is C11H10N2O6. The maximum absolute atomic E-state index is 11.8. The van der Waals surface area contributed by atoms with E-state index in [1.165, 1.54) is 18.2 Å². The number of Topliss-reactive ketones (excluding diaryl/α,β-unsaturated/α-hetero) is 1. The summed E-state index contributed by atoms with van der Waals surface area (Å²) < 4.78 is 0. The molecule has 0 aromatic heterocycles. The van der Waals surface area contributed by atoms with Crippen LogP contribution < -0.4 is 5.32 Å². The first-order valence-corrected chi connectivity index (χ1v) is 5.16. The van der Waals surface area contributed by atoms with E-state index in [0.717, 1.165) is 6.07 Å². The average Bonchev–Trinajstić information content (AvgIpc) is 2.38. The fraction of sp³-hybridized carbons (Fsp3) is 0.182. The molecule has 8 heteroatoms. The van der Waals surface area contributed by atoms with Crippen molar-refractivity contribution in [3.8, 4) is 0 Å². The van der Waals surface area contributed by atoms with Crippen LogP contribution in [-0.4, -0.2) is 34.2 Å². The fourth-order valence-electron chi connectivity index (χ4n) is 1.40. The third-order valence-electron chi connectivity index (χ3n) is 2.34. The first-order valence-electron chi connectivity index (χ1n) is 5.16. The van der Waals surface area contributed by atoms with Gasteiger partial charge in [-0.1, -0.05) is 12.1 Å². The van der Waals surface area contributed by atoms with Crippen LogP contribution in [0.1, 0.15) is 16.8 Å². The van der Waals surface area contributed by atoms with Gasteiger partial charge in [0.2, 0.25) is 6.41 Å². The predicted octanol–water partition coefficient (Wildman–Crippen LogP) is 0.367. The van der Waals surface area contributed by atoms with Crippen LogP contribution in [0, 0.1) is 10.1 Å². The lowest BCUT2D eigenvalue weighted by Gasteiger charge is -2.09. The van der Waals surface area contributed by atoms with Crippen LogP contribution in [0.3, 0.4) is 0 Å². The predicted molar refractivity (Wildman–Crippen MR) is 62.7 cm³/mol. The summed E-state index contributed by atoms with van der Waals surface area (Å²) in [5, 5.41) is 21.3. The molecule has 1 aromatic carbocycles. The summed E-state index contributed by atoms with van der Waals surface area (Å²) in [5.41, 5.74) is -0.241. The molecule has 2 N–H and O–H groups in total. The number of nitro benzene ring substituents is 1. The summed E-state index contributed by atoms with van der Waals surface area (Å²) in [6.45, 7) is 0. The van der Waals surface area contributed by atoms with Crippen LogP contribution in [0.4, 0.5) is 5.69 Å². The van der Waals surface area contributed by atoms with E-state index in [1.54, 1.807) is 0 Å². The lowest BCUT2D eigenvalue weighted by Crippen LogP contribution is -2.37. The van der Waals surface area contributed by atoms with Crippen LogP contribution in [0.2, 0.25) is 0 Å². The van der Waals surface area contributed by atoms with Gasteiger partial charge >= 0.3 is 5.97 Å². The Kier molecular flexibility index (Phi) is 4.69. The first-order chi connectivity index (χ1) is 8.95. The topological polar surface area (TPSA) is 127 Å². The van der Waals surface area contributed by atoms with Gasteiger partial charge in [0.25, 0.3) is 5.69 Å². The molecule has 0 saturated carbocycles. The van der Waals surface area contributed by atoms with E-state index in [4.69, 9.17) is 5.11 Å². The van der Waals surface area contributed by atoms with Crippen molar-refractivity contribution in [1.29, 1.82) is 0 Å². The number of carbonyl (C=O) groups is 3. The number of hydrogen-bond donors (Lipinski definition) is 2. The summed E-state index contributed by atoms with van der Waals surface area (Å²) in [7, 11) is 0. The van der Waals surface area contributed by atoms with E-state index in [0.29, 0.717) is 0 Å². The molecule has 100 valence electrons. The van der Waals surface area contributed by atoms with Crippen LogP contribution in [0.15, 0.2) is 24.3 Å². The van der Waals surface area contributed by atoms with E-state index in [1.807, 2.05) is 5.32 Å². The number of aliphatic carboxylic acids is 1. The molecule has 19 heavy (non-hydrogen) atoms. The molecule has 1 atom stereocenters. The second kappa shape index (κ2) is 6.24. The summed E-state index contributed by atoms with van der Waals surface area (Å²) in [5.74, 6) is -1.96. The van der Waals surface area contributed by atoms with Gasteiger partial charge in [-0.25, -0.2) is 4.79 Å². The molecule has 0 bridgehead atoms. The van der Waals surface area contributed by atoms with E-state index >= 15 is 0 Å². The van der Waals surface area contributed by atoms with Crippen LogP contribution in [-0.2, 0) is 9.59 Å². The number of nitrogens with zero attached hydrogens (tertiary/aromatic N) is 1. The van der Waals surface area contributed by atoms with Gasteiger partial charge < -0.3 is 10.4 Å². The first kappa shape index (κ1) is 14.3. The number of carbonyl (C=O) groups excluding carboxylic acids is 2. The lowest BCUT2D eigenvalue weighted by molar-refractivity contribution is -0.384. The smallest absolute Gasteiger partial charge is 0.326 e. The van der Waals surface area contributed by atoms with E-state index in [2.05, 4.69) is 0 Å². The third kappa shape index (κ3) is 3.87. The Bertz CT molecular complexity index is 528. The zero-order chi connectivity index (χ0) is 14.4. The van der Waals surface area contributed by atoms with Gasteiger partial charge in [-0.3, -0.25) is 19.7 Å². The number of nitrogens with one attached hydrogen (secondary N) is 1. The normalized spacial score (nSPS) is 11.4. The van der Waals surface area contributed by atoms with Crippen molar-refractivity contribution in [3.05, 3.63) is 39.9 Å². The van der Waals surface area contributed by atoms with Gasteiger partial charge in [-0.2, -0.15) is 0 Å². The Morgan fingerprint density at radius 3 is 2.68 bits per heavy atom. The van der Waals surface area contributed by atoms with Gasteiger partial charge in [0.05, 0.1) is 4.92 Å². The molecule has 0 heterocycles. The number of carboxylic acids is 1. The second-order valence-electron chi connectivity index (χ2n) is 3.61. The number of benzene rings is 1. The van der Waals surface area contributed by atoms with Gasteiger partial charge in [0.1, 0.15) is 6.04 Å². The standard InChI is InChI=1S/C11H10N2O6/c14-6-12-9(11(16)17)5-10(15)7-2-1-3-8(4-7)13(18)19/h1-4,6,9H,5H2,(H,12,14)(H,16,17). The Morgan fingerprint density at radius 1 is 1.47 bits per heavy atom. The minimum absolute atomic E-state index is 0.0214. The molecule has 0 fully saturated rings. The Morgan fingerprint density at radius 2 is 2.16 bits per heavy atom. The Balaban J connectivity index is 2.88. The molecular weight excluding hydrogens is 256 g/mol. The van der Waals surface area contributed by atoms with Crippen LogP contribution >= 0.6 is 0 Å². The SMILES string of the molecule is O=CNC(CC(=O)c1cccc([N+](=O)[O-])c1)C(=O)O. The van der Waals surface area contributed by atoms with Crippen molar-refractivity contribution < 1.29 is 24.4 Å². The Hall–Kier alpha value is -2.77. The lowest BCUT2D eigenvalue weighted by atomic mass is 10.0. The Labute approximate surface area is 107 Å². The number of nitro groups is 1. The molecule has 0 aliphatic heterocycles. The number of rotatable bonds is 7. The third-order valence-corrected chi connectivity index (χ3v) is 2.34. The van der Waals surface area contributed by atoms with Crippen LogP contribution in [0.25, 0.3) is 0 Å². The number of hydrogen-bond acceptors (Lipinski definition) is 5. The average molecular weight is 266 g/mol. The summed E-state index contributed by atoms with van der Waals surface area (Å²) >= 11 is 0. The van der Waals surface area contributed by atoms with Crippen molar-refractivity contribution in [2.45, 2.75) is 12.5 Å². The number of carboxylic acid groups (broad SMARTS) is 1. The molecule has 0 aliphatic carbocycles. The minimum Gasteiger partial charge on any atom is -0.480 e. The van der Waals surface area contributed by atoms with Gasteiger partial charge in [-0.15, -0.1) is 0 Å². The monoisotopic (exact) mass is 266 g/mol. The molecule has 0 saturated heterocycles. The van der Waals surface area contributed by atoms with E-state index < -0.39 is 29.1 Å². The molecule has 1 rings (SSSR count). The fourth-order valence-corrected chi connectivity index (χ4v) is 1.40. The van der Waals surface area contributed by atoms with E-state index in [9.17, 15) is 24.5 Å². The molecule has 8 nitrogen and oxygen atoms in total. The molecule has 1 aromatic rings. The number of non-ortho nitro benzene ring substituents is 1. The zero-order valence-electron chi connectivity index (χ0n) is 9.61. The summed E-state index contributed by atoms with van der Waals surface area (Å²) in [6.07, 6.45) is -0.297. The highest BCUT2D eigenvalue weighted by atomic mass is 16.6. The van der Waals surface area contributed by atoms with Gasteiger partial charge in [-0.05, 0) is 0 Å². The molecule has 0 aliphatic rings.